The highest BCUT2D eigenvalue weighted by atomic mass is 16.3. The Hall–Kier alpha value is -1.81. The molecule has 3 saturated carbocycles. The van der Waals surface area contributed by atoms with Gasteiger partial charge >= 0.3 is 0 Å². The Bertz CT molecular complexity index is 719. The number of aromatic nitrogens is 1. The molecule has 2 N–H and O–H groups in total. The molecule has 1 aromatic heterocycles. The van der Waals surface area contributed by atoms with Gasteiger partial charge in [-0.1, -0.05) is 20.8 Å². The Labute approximate surface area is 143 Å². The van der Waals surface area contributed by atoms with Crippen molar-refractivity contribution in [2.45, 2.75) is 46.2 Å². The minimum Gasteiger partial charge on any atom is -0.508 e. The van der Waals surface area contributed by atoms with Crippen LogP contribution in [0.5, 0.6) is 5.75 Å². The number of nitrogens with one attached hydrogen (secondary N) is 1. The predicted molar refractivity (Wildman–Crippen MR) is 93.4 cm³/mol. The highest BCUT2D eigenvalue weighted by Crippen LogP contribution is 2.61. The maximum Gasteiger partial charge on any atom is 0.226 e. The molecule has 4 atom stereocenters. The van der Waals surface area contributed by atoms with Gasteiger partial charge in [-0.2, -0.15) is 0 Å². The Kier molecular flexibility index (Phi) is 3.68. The first-order valence-electron chi connectivity index (χ1n) is 8.92. The Morgan fingerprint density at radius 3 is 2.67 bits per heavy atom. The Balaban J connectivity index is 1.38. The number of fused-ring (bicyclic) bond motifs is 2. The van der Waals surface area contributed by atoms with Gasteiger partial charge in [0.2, 0.25) is 5.89 Å². The van der Waals surface area contributed by atoms with E-state index in [1.807, 2.05) is 12.1 Å². The lowest BCUT2D eigenvalue weighted by Gasteiger charge is -2.62. The number of nitrogens with zero attached hydrogens (tertiary/aromatic N) is 1. The minimum absolute atomic E-state index is 0.250. The predicted octanol–water partition coefficient (Wildman–Crippen LogP) is 4.21. The van der Waals surface area contributed by atoms with Crippen LogP contribution in [0, 0.1) is 23.2 Å². The molecule has 1 heterocycles. The molecule has 5 rings (SSSR count). The van der Waals surface area contributed by atoms with Crippen LogP contribution in [-0.4, -0.2) is 16.1 Å². The number of rotatable bonds is 4. The molecule has 3 aliphatic carbocycles. The molecule has 1 aromatic carbocycles. The fourth-order valence-corrected chi connectivity index (χ4v) is 4.78. The second-order valence-corrected chi connectivity index (χ2v) is 8.13. The number of benzene rings is 1. The fourth-order valence-electron chi connectivity index (χ4n) is 4.78. The van der Waals surface area contributed by atoms with Crippen molar-refractivity contribution in [3.05, 3.63) is 36.2 Å². The molecule has 4 heteroatoms. The van der Waals surface area contributed by atoms with E-state index >= 15 is 0 Å². The van der Waals surface area contributed by atoms with Crippen molar-refractivity contribution in [3.63, 3.8) is 0 Å². The summed E-state index contributed by atoms with van der Waals surface area (Å²) in [5.74, 6) is 3.28. The quantitative estimate of drug-likeness (QED) is 0.884. The summed E-state index contributed by atoms with van der Waals surface area (Å²) in [5, 5.41) is 13.1. The van der Waals surface area contributed by atoms with Crippen LogP contribution in [0.1, 0.15) is 39.3 Å². The van der Waals surface area contributed by atoms with Crippen molar-refractivity contribution >= 4 is 0 Å². The van der Waals surface area contributed by atoms with Crippen LogP contribution >= 0.6 is 0 Å². The largest absolute Gasteiger partial charge is 0.508 e. The number of phenols is 1. The molecule has 3 aliphatic rings. The van der Waals surface area contributed by atoms with E-state index < -0.39 is 0 Å². The van der Waals surface area contributed by atoms with Crippen molar-refractivity contribution in [2.24, 2.45) is 23.2 Å². The van der Waals surface area contributed by atoms with Gasteiger partial charge < -0.3 is 14.8 Å². The molecule has 0 spiro atoms. The highest BCUT2D eigenvalue weighted by molar-refractivity contribution is 5.54. The van der Waals surface area contributed by atoms with Gasteiger partial charge in [0.15, 0.2) is 0 Å². The lowest BCUT2D eigenvalue weighted by molar-refractivity contribution is -0.115. The van der Waals surface area contributed by atoms with Gasteiger partial charge in [-0.25, -0.2) is 4.98 Å². The summed E-state index contributed by atoms with van der Waals surface area (Å²) in [4.78, 5) is 4.57. The van der Waals surface area contributed by atoms with Gasteiger partial charge in [0.05, 0.1) is 5.69 Å². The zero-order valence-corrected chi connectivity index (χ0v) is 14.6. The number of phenolic OH excluding ortho intramolecular Hbond substituents is 1. The monoisotopic (exact) mass is 326 g/mol. The third kappa shape index (κ3) is 2.53. The van der Waals surface area contributed by atoms with Crippen molar-refractivity contribution in [1.29, 1.82) is 0 Å². The summed E-state index contributed by atoms with van der Waals surface area (Å²) in [6, 6.07) is 7.51. The van der Waals surface area contributed by atoms with E-state index in [1.165, 1.54) is 12.8 Å². The van der Waals surface area contributed by atoms with Gasteiger partial charge in [-0.05, 0) is 60.3 Å². The molecule has 2 aromatic rings. The van der Waals surface area contributed by atoms with Crippen LogP contribution in [0.25, 0.3) is 11.5 Å². The first-order valence-corrected chi connectivity index (χ1v) is 8.92. The van der Waals surface area contributed by atoms with Crippen LogP contribution < -0.4 is 5.32 Å². The van der Waals surface area contributed by atoms with E-state index in [2.05, 4.69) is 31.1 Å². The molecule has 1 unspecified atom stereocenters. The standard InChI is InChI=1S/C20H26N2O2/c1-12-17-8-14(20(17,2)3)9-18(12)21-10-15-11-24-19(22-15)13-4-6-16(23)7-5-13/h4-7,11-12,14,17-18,21,23H,8-10H2,1-3H3/t12-,14+,17-,18?/m0/s1. The maximum absolute atomic E-state index is 9.36. The Morgan fingerprint density at radius 1 is 1.25 bits per heavy atom. The second kappa shape index (κ2) is 5.62. The lowest BCUT2D eigenvalue weighted by Crippen LogP contribution is -2.59. The number of hydrogen-bond donors (Lipinski definition) is 2. The van der Waals surface area contributed by atoms with E-state index in [9.17, 15) is 5.11 Å². The van der Waals surface area contributed by atoms with Gasteiger partial charge in [0.25, 0.3) is 0 Å². The molecular formula is C20H26N2O2. The van der Waals surface area contributed by atoms with Crippen molar-refractivity contribution in [3.8, 4) is 17.2 Å². The molecule has 0 aliphatic heterocycles. The van der Waals surface area contributed by atoms with Crippen LogP contribution in [0.4, 0.5) is 0 Å². The third-order valence-corrected chi connectivity index (χ3v) is 6.57. The zero-order chi connectivity index (χ0) is 16.9. The van der Waals surface area contributed by atoms with E-state index in [0.29, 0.717) is 23.3 Å². The van der Waals surface area contributed by atoms with Crippen LogP contribution in [0.2, 0.25) is 0 Å². The number of hydrogen-bond acceptors (Lipinski definition) is 4. The average molecular weight is 326 g/mol. The van der Waals surface area contributed by atoms with Crippen LogP contribution in [0.15, 0.2) is 34.9 Å². The smallest absolute Gasteiger partial charge is 0.226 e. The molecule has 3 fully saturated rings. The fraction of sp³-hybridized carbons (Fsp3) is 0.550. The van der Waals surface area contributed by atoms with E-state index in [-0.39, 0.29) is 5.75 Å². The van der Waals surface area contributed by atoms with Gasteiger partial charge in [0, 0.05) is 18.2 Å². The van der Waals surface area contributed by atoms with Gasteiger partial charge in [0.1, 0.15) is 12.0 Å². The SMILES string of the molecule is C[C@@H]1C(NCc2coc(-c3ccc(O)cc3)n2)C[C@H]2C[C@@H]1C2(C)C. The van der Waals surface area contributed by atoms with Crippen LogP contribution in [-0.2, 0) is 6.54 Å². The minimum atomic E-state index is 0.250. The molecule has 0 amide bonds. The first-order chi connectivity index (χ1) is 11.4. The van der Waals surface area contributed by atoms with E-state index in [1.54, 1.807) is 18.4 Å². The van der Waals surface area contributed by atoms with Gasteiger partial charge in [-0.3, -0.25) is 0 Å². The molecule has 2 bridgehead atoms. The highest BCUT2D eigenvalue weighted by Gasteiger charge is 2.55. The maximum atomic E-state index is 9.36. The van der Waals surface area contributed by atoms with Crippen molar-refractivity contribution < 1.29 is 9.52 Å². The Morgan fingerprint density at radius 2 is 2.00 bits per heavy atom. The molecule has 0 saturated heterocycles. The van der Waals surface area contributed by atoms with E-state index in [0.717, 1.165) is 29.6 Å². The first kappa shape index (κ1) is 15.7. The molecule has 0 radical (unpaired) electrons. The number of aromatic hydroxyl groups is 1. The lowest BCUT2D eigenvalue weighted by atomic mass is 9.45. The van der Waals surface area contributed by atoms with E-state index in [4.69, 9.17) is 4.42 Å². The van der Waals surface area contributed by atoms with Gasteiger partial charge in [-0.15, -0.1) is 0 Å². The van der Waals surface area contributed by atoms with Crippen molar-refractivity contribution in [2.75, 3.05) is 0 Å². The molecule has 128 valence electrons. The average Bonchev–Trinajstić information content (AvgIpc) is 3.03. The molecule has 4 nitrogen and oxygen atoms in total. The number of oxazole rings is 1. The van der Waals surface area contributed by atoms with Crippen LogP contribution in [0.3, 0.4) is 0 Å². The molecule has 24 heavy (non-hydrogen) atoms. The summed E-state index contributed by atoms with van der Waals surface area (Å²) in [5.41, 5.74) is 2.34. The summed E-state index contributed by atoms with van der Waals surface area (Å²) in [7, 11) is 0. The third-order valence-electron chi connectivity index (χ3n) is 6.57. The summed E-state index contributed by atoms with van der Waals surface area (Å²) >= 11 is 0. The normalized spacial score (nSPS) is 30.8. The summed E-state index contributed by atoms with van der Waals surface area (Å²) < 4.78 is 5.59. The second-order valence-electron chi connectivity index (χ2n) is 8.13. The zero-order valence-electron chi connectivity index (χ0n) is 14.6. The summed E-state index contributed by atoms with van der Waals surface area (Å²) in [6.07, 6.45) is 4.40. The van der Waals surface area contributed by atoms with Crippen molar-refractivity contribution in [1.82, 2.24) is 10.3 Å². The summed E-state index contributed by atoms with van der Waals surface area (Å²) in [6.45, 7) is 8.00. The topological polar surface area (TPSA) is 58.3 Å². The molecular weight excluding hydrogens is 300 g/mol.